The van der Waals surface area contributed by atoms with Gasteiger partial charge < -0.3 is 15.4 Å². The van der Waals surface area contributed by atoms with Crippen molar-refractivity contribution in [3.05, 3.63) is 64.0 Å². The molecule has 5 rings (SSSR count). The number of hydrogen-bond donors (Lipinski definition) is 1. The highest BCUT2D eigenvalue weighted by atomic mass is 32.1. The van der Waals surface area contributed by atoms with Gasteiger partial charge in [-0.2, -0.15) is 5.26 Å². The highest BCUT2D eigenvalue weighted by molar-refractivity contribution is 7.17. The lowest BCUT2D eigenvalue weighted by atomic mass is 9.93. The van der Waals surface area contributed by atoms with E-state index >= 15 is 0 Å². The summed E-state index contributed by atoms with van der Waals surface area (Å²) >= 11 is 1.63. The van der Waals surface area contributed by atoms with Gasteiger partial charge in [0.15, 0.2) is 0 Å². The monoisotopic (exact) mass is 460 g/mol. The molecule has 2 aliphatic heterocycles. The number of anilines is 1. The van der Waals surface area contributed by atoms with Crippen molar-refractivity contribution in [1.82, 2.24) is 4.90 Å². The molecule has 0 bridgehead atoms. The average molecular weight is 461 g/mol. The Bertz CT molecular complexity index is 1230. The lowest BCUT2D eigenvalue weighted by Crippen LogP contribution is -2.52. The second-order valence-corrected chi connectivity index (χ2v) is 9.86. The van der Waals surface area contributed by atoms with Crippen molar-refractivity contribution in [3.8, 4) is 6.07 Å². The zero-order valence-corrected chi connectivity index (χ0v) is 19.6. The highest BCUT2D eigenvalue weighted by Crippen LogP contribution is 2.32. The number of rotatable bonds is 5. The molecular formula is C26H28N4O2S. The molecule has 2 N–H and O–H groups in total. The van der Waals surface area contributed by atoms with Gasteiger partial charge in [0.2, 0.25) is 5.91 Å². The smallest absolute Gasteiger partial charge is 0.248 e. The fourth-order valence-electron chi connectivity index (χ4n) is 5.07. The minimum absolute atomic E-state index is 0.0614. The molecule has 0 saturated carbocycles. The molecule has 0 spiro atoms. The van der Waals surface area contributed by atoms with E-state index in [1.54, 1.807) is 11.3 Å². The summed E-state index contributed by atoms with van der Waals surface area (Å²) in [5, 5.41) is 12.4. The van der Waals surface area contributed by atoms with Gasteiger partial charge in [0.25, 0.3) is 0 Å². The van der Waals surface area contributed by atoms with E-state index in [1.807, 2.05) is 23.6 Å². The van der Waals surface area contributed by atoms with Gasteiger partial charge in [0.1, 0.15) is 6.07 Å². The maximum Gasteiger partial charge on any atom is 0.248 e. The number of amides is 1. The van der Waals surface area contributed by atoms with E-state index in [4.69, 9.17) is 10.5 Å². The number of nitrogens with two attached hydrogens (primary N) is 1. The van der Waals surface area contributed by atoms with Gasteiger partial charge in [-0.05, 0) is 61.2 Å². The van der Waals surface area contributed by atoms with Crippen molar-refractivity contribution in [2.75, 3.05) is 37.7 Å². The third-order valence-corrected chi connectivity index (χ3v) is 7.91. The molecule has 2 aliphatic rings. The summed E-state index contributed by atoms with van der Waals surface area (Å²) in [5.74, 6) is -0.380. The van der Waals surface area contributed by atoms with Crippen LogP contribution in [0.3, 0.4) is 0 Å². The topological polar surface area (TPSA) is 82.6 Å². The standard InChI is InChI=1S/C26H28N4O2S/c1-17-15-30(21-3-5-25-23(13-21)20(14-27)16-33-25)10-9-29(17)8-6-24-22-4-2-19(26(28)31)12-18(22)7-11-32-24/h2-5,12-13,16-17,24H,6-11,15H2,1H3,(H2,28,31)/t17-,24+/m1/s1. The first-order valence-electron chi connectivity index (χ1n) is 11.5. The molecule has 1 fully saturated rings. The summed E-state index contributed by atoms with van der Waals surface area (Å²) < 4.78 is 7.26. The molecule has 0 aliphatic carbocycles. The Balaban J connectivity index is 1.22. The third kappa shape index (κ3) is 4.34. The summed E-state index contributed by atoms with van der Waals surface area (Å²) in [6.45, 7) is 6.85. The first-order chi connectivity index (χ1) is 16.0. The molecule has 2 aromatic carbocycles. The Hall–Kier alpha value is -2.92. The molecular weight excluding hydrogens is 432 g/mol. The van der Waals surface area contributed by atoms with E-state index in [0.717, 1.165) is 54.7 Å². The second kappa shape index (κ2) is 9.14. The first-order valence-corrected chi connectivity index (χ1v) is 12.4. The number of hydrogen-bond acceptors (Lipinski definition) is 6. The van der Waals surface area contributed by atoms with Crippen molar-refractivity contribution in [3.63, 3.8) is 0 Å². The molecule has 0 radical (unpaired) electrons. The van der Waals surface area contributed by atoms with Gasteiger partial charge >= 0.3 is 0 Å². The second-order valence-electron chi connectivity index (χ2n) is 8.95. The van der Waals surface area contributed by atoms with Crippen LogP contribution in [0.2, 0.25) is 0 Å². The average Bonchev–Trinajstić information content (AvgIpc) is 3.25. The Kier molecular flexibility index (Phi) is 6.07. The number of nitrogens with zero attached hydrogens (tertiary/aromatic N) is 3. The Morgan fingerprint density at radius 1 is 1.27 bits per heavy atom. The van der Waals surface area contributed by atoms with E-state index in [1.165, 1.54) is 16.8 Å². The molecule has 1 saturated heterocycles. The zero-order chi connectivity index (χ0) is 22.9. The SMILES string of the molecule is C[C@@H]1CN(c2ccc3scc(C#N)c3c2)CCN1CC[C@@H]1OCCc2cc(C(N)=O)ccc21. The van der Waals surface area contributed by atoms with Crippen LogP contribution in [0.5, 0.6) is 0 Å². The number of ether oxygens (including phenoxy) is 1. The number of fused-ring (bicyclic) bond motifs is 2. The molecule has 3 heterocycles. The summed E-state index contributed by atoms with van der Waals surface area (Å²) in [4.78, 5) is 16.5. The number of primary amides is 1. The van der Waals surface area contributed by atoms with Gasteiger partial charge in [0, 0.05) is 58.9 Å². The molecule has 6 nitrogen and oxygen atoms in total. The number of nitriles is 1. The Morgan fingerprint density at radius 2 is 2.15 bits per heavy atom. The van der Waals surface area contributed by atoms with Crippen LogP contribution in [0.4, 0.5) is 5.69 Å². The maximum absolute atomic E-state index is 11.5. The van der Waals surface area contributed by atoms with Crippen LogP contribution in [0.1, 0.15) is 46.5 Å². The van der Waals surface area contributed by atoms with Gasteiger partial charge in [-0.25, -0.2) is 0 Å². The fraction of sp³-hybridized carbons (Fsp3) is 0.385. The van der Waals surface area contributed by atoms with E-state index < -0.39 is 0 Å². The first kappa shape index (κ1) is 21.9. The fourth-order valence-corrected chi connectivity index (χ4v) is 5.94. The molecule has 3 aromatic rings. The van der Waals surface area contributed by atoms with Crippen LogP contribution in [0.15, 0.2) is 41.8 Å². The van der Waals surface area contributed by atoms with Crippen LogP contribution < -0.4 is 10.6 Å². The minimum atomic E-state index is -0.380. The predicted octanol–water partition coefficient (Wildman–Crippen LogP) is 4.09. The van der Waals surface area contributed by atoms with Crippen molar-refractivity contribution in [2.24, 2.45) is 5.73 Å². The van der Waals surface area contributed by atoms with E-state index in [2.05, 4.69) is 41.0 Å². The molecule has 7 heteroatoms. The number of piperazine rings is 1. The van der Waals surface area contributed by atoms with Gasteiger partial charge in [-0.15, -0.1) is 11.3 Å². The lowest BCUT2D eigenvalue weighted by molar-refractivity contribution is 0.0255. The van der Waals surface area contributed by atoms with Crippen LogP contribution in [0.25, 0.3) is 10.1 Å². The van der Waals surface area contributed by atoms with Gasteiger partial charge in [0.05, 0.1) is 18.3 Å². The minimum Gasteiger partial charge on any atom is -0.373 e. The van der Waals surface area contributed by atoms with Crippen LogP contribution >= 0.6 is 11.3 Å². The van der Waals surface area contributed by atoms with Crippen LogP contribution in [0, 0.1) is 11.3 Å². The Labute approximate surface area is 198 Å². The van der Waals surface area contributed by atoms with Crippen molar-refractivity contribution in [1.29, 1.82) is 5.26 Å². The number of carbonyl (C=O) groups excluding carboxylic acids is 1. The number of benzene rings is 2. The molecule has 2 atom stereocenters. The van der Waals surface area contributed by atoms with Gasteiger partial charge in [-0.3, -0.25) is 9.69 Å². The Morgan fingerprint density at radius 3 is 2.94 bits per heavy atom. The molecule has 170 valence electrons. The molecule has 1 amide bonds. The molecule has 1 aromatic heterocycles. The highest BCUT2D eigenvalue weighted by Gasteiger charge is 2.27. The van der Waals surface area contributed by atoms with Gasteiger partial charge in [-0.1, -0.05) is 6.07 Å². The summed E-state index contributed by atoms with van der Waals surface area (Å²) in [6, 6.07) is 15.0. The molecule has 0 unspecified atom stereocenters. The lowest BCUT2D eigenvalue weighted by Gasteiger charge is -2.41. The van der Waals surface area contributed by atoms with Crippen molar-refractivity contribution < 1.29 is 9.53 Å². The summed E-state index contributed by atoms with van der Waals surface area (Å²) in [6.07, 6.45) is 1.82. The van der Waals surface area contributed by atoms with E-state index in [0.29, 0.717) is 18.2 Å². The quantitative estimate of drug-likeness (QED) is 0.620. The third-order valence-electron chi connectivity index (χ3n) is 6.95. The predicted molar refractivity (Wildman–Crippen MR) is 132 cm³/mol. The number of thiophene rings is 1. The van der Waals surface area contributed by atoms with Crippen LogP contribution in [-0.2, 0) is 11.2 Å². The van der Waals surface area contributed by atoms with Crippen molar-refractivity contribution in [2.45, 2.75) is 31.9 Å². The zero-order valence-electron chi connectivity index (χ0n) is 18.8. The normalized spacial score (nSPS) is 21.0. The largest absolute Gasteiger partial charge is 0.373 e. The summed E-state index contributed by atoms with van der Waals surface area (Å²) in [7, 11) is 0. The molecule has 33 heavy (non-hydrogen) atoms. The van der Waals surface area contributed by atoms with Crippen LogP contribution in [-0.4, -0.2) is 49.6 Å². The van der Waals surface area contributed by atoms with Crippen molar-refractivity contribution >= 4 is 33.0 Å². The van der Waals surface area contributed by atoms with E-state index in [9.17, 15) is 10.1 Å². The number of carbonyl (C=O) groups is 1. The van der Waals surface area contributed by atoms with E-state index in [-0.39, 0.29) is 12.0 Å². The maximum atomic E-state index is 11.5. The summed E-state index contributed by atoms with van der Waals surface area (Å²) in [5.41, 5.74) is 10.3.